The molecule has 1 atom stereocenters. The van der Waals surface area contributed by atoms with Crippen LogP contribution in [0.15, 0.2) is 24.5 Å². The number of aryl methyl sites for hydroxylation is 2. The van der Waals surface area contributed by atoms with Gasteiger partial charge in [-0.2, -0.15) is 0 Å². The van der Waals surface area contributed by atoms with Crippen LogP contribution in [0.1, 0.15) is 36.6 Å². The second kappa shape index (κ2) is 6.06. The molecule has 0 radical (unpaired) electrons. The molecule has 3 aromatic rings. The summed E-state index contributed by atoms with van der Waals surface area (Å²) in [5.74, 6) is 2.70. The summed E-state index contributed by atoms with van der Waals surface area (Å²) >= 11 is 1.88. The SMILES string of the molecule is C[C@@H]1CCCN(c2nc(-c3cccnc3)nc3sc4c(c23)CCC4)C1. The Morgan fingerprint density at radius 2 is 2.16 bits per heavy atom. The first kappa shape index (κ1) is 15.3. The normalized spacial score (nSPS) is 20.2. The summed E-state index contributed by atoms with van der Waals surface area (Å²) in [5, 5.41) is 1.33. The first-order valence-corrected chi connectivity index (χ1v) is 10.1. The summed E-state index contributed by atoms with van der Waals surface area (Å²) in [5.41, 5.74) is 2.52. The minimum absolute atomic E-state index is 0.729. The van der Waals surface area contributed by atoms with Crippen molar-refractivity contribution >= 4 is 27.4 Å². The average molecular weight is 350 g/mol. The fourth-order valence-electron chi connectivity index (χ4n) is 4.21. The van der Waals surface area contributed by atoms with Gasteiger partial charge >= 0.3 is 0 Å². The molecule has 128 valence electrons. The summed E-state index contributed by atoms with van der Waals surface area (Å²) in [6, 6.07) is 4.01. The lowest BCUT2D eigenvalue weighted by atomic mass is 10.00. The Hall–Kier alpha value is -2.01. The molecular weight excluding hydrogens is 328 g/mol. The quantitative estimate of drug-likeness (QED) is 0.683. The van der Waals surface area contributed by atoms with E-state index in [0.717, 1.165) is 41.0 Å². The molecule has 0 N–H and O–H groups in total. The summed E-state index contributed by atoms with van der Waals surface area (Å²) in [6.07, 6.45) is 9.90. The molecule has 1 fully saturated rings. The number of aromatic nitrogens is 3. The van der Waals surface area contributed by atoms with E-state index in [1.807, 2.05) is 23.6 Å². The molecule has 4 heterocycles. The molecule has 0 unspecified atom stereocenters. The fourth-order valence-corrected chi connectivity index (χ4v) is 5.47. The van der Waals surface area contributed by atoms with Gasteiger partial charge in [0.15, 0.2) is 5.82 Å². The second-order valence-corrected chi connectivity index (χ2v) is 8.43. The Morgan fingerprint density at radius 3 is 3.00 bits per heavy atom. The van der Waals surface area contributed by atoms with Gasteiger partial charge in [0.2, 0.25) is 0 Å². The van der Waals surface area contributed by atoms with E-state index in [4.69, 9.17) is 9.97 Å². The van der Waals surface area contributed by atoms with Crippen LogP contribution < -0.4 is 4.90 Å². The van der Waals surface area contributed by atoms with Crippen molar-refractivity contribution in [2.75, 3.05) is 18.0 Å². The summed E-state index contributed by atoms with van der Waals surface area (Å²) in [4.78, 5) is 19.4. The molecule has 5 heteroatoms. The molecule has 0 saturated carbocycles. The summed E-state index contributed by atoms with van der Waals surface area (Å²) < 4.78 is 0. The maximum Gasteiger partial charge on any atom is 0.164 e. The molecule has 25 heavy (non-hydrogen) atoms. The second-order valence-electron chi connectivity index (χ2n) is 7.34. The molecule has 0 spiro atoms. The lowest BCUT2D eigenvalue weighted by Crippen LogP contribution is -2.35. The number of hydrogen-bond donors (Lipinski definition) is 0. The predicted molar refractivity (Wildman–Crippen MR) is 103 cm³/mol. The smallest absolute Gasteiger partial charge is 0.164 e. The standard InChI is InChI=1S/C20H22N4S/c1-13-5-4-10-24(12-13)19-17-15-7-2-8-16(15)25-20(17)23-18(22-19)14-6-3-9-21-11-14/h3,6,9,11,13H,2,4-5,7-8,10,12H2,1H3/t13-/m1/s1. The van der Waals surface area contributed by atoms with Crippen LogP contribution in [0.2, 0.25) is 0 Å². The van der Waals surface area contributed by atoms with Gasteiger partial charge in [0.05, 0.1) is 5.39 Å². The van der Waals surface area contributed by atoms with Crippen molar-refractivity contribution in [2.45, 2.75) is 39.0 Å². The van der Waals surface area contributed by atoms with Crippen molar-refractivity contribution in [1.29, 1.82) is 0 Å². The number of anilines is 1. The number of piperidine rings is 1. The Kier molecular flexibility index (Phi) is 3.70. The lowest BCUT2D eigenvalue weighted by molar-refractivity contribution is 0.445. The fraction of sp³-hybridized carbons (Fsp3) is 0.450. The van der Waals surface area contributed by atoms with Gasteiger partial charge in [0.1, 0.15) is 10.6 Å². The van der Waals surface area contributed by atoms with Gasteiger partial charge in [0.25, 0.3) is 0 Å². The van der Waals surface area contributed by atoms with Gasteiger partial charge < -0.3 is 4.90 Å². The van der Waals surface area contributed by atoms with Crippen LogP contribution in [0.5, 0.6) is 0 Å². The van der Waals surface area contributed by atoms with Crippen molar-refractivity contribution < 1.29 is 0 Å². The molecule has 0 aromatic carbocycles. The van der Waals surface area contributed by atoms with E-state index in [0.29, 0.717) is 0 Å². The molecule has 5 rings (SSSR count). The van der Waals surface area contributed by atoms with Crippen LogP contribution in [0.4, 0.5) is 5.82 Å². The van der Waals surface area contributed by atoms with E-state index >= 15 is 0 Å². The molecule has 1 aliphatic heterocycles. The lowest BCUT2D eigenvalue weighted by Gasteiger charge is -2.32. The first-order chi connectivity index (χ1) is 12.3. The zero-order valence-electron chi connectivity index (χ0n) is 14.5. The number of rotatable bonds is 2. The zero-order chi connectivity index (χ0) is 16.8. The minimum atomic E-state index is 0.729. The average Bonchev–Trinajstić information content (AvgIpc) is 3.22. The molecule has 1 aliphatic carbocycles. The van der Waals surface area contributed by atoms with Gasteiger partial charge in [-0.05, 0) is 55.7 Å². The topological polar surface area (TPSA) is 41.9 Å². The van der Waals surface area contributed by atoms with Crippen molar-refractivity contribution in [3.8, 4) is 11.4 Å². The number of nitrogens with zero attached hydrogens (tertiary/aromatic N) is 4. The third-order valence-electron chi connectivity index (χ3n) is 5.42. The number of thiophene rings is 1. The highest BCUT2D eigenvalue weighted by Crippen LogP contribution is 2.42. The largest absolute Gasteiger partial charge is 0.356 e. The van der Waals surface area contributed by atoms with Crippen molar-refractivity contribution in [3.05, 3.63) is 35.0 Å². The Morgan fingerprint density at radius 1 is 1.20 bits per heavy atom. The Labute approximate surface area is 152 Å². The van der Waals surface area contributed by atoms with Gasteiger partial charge in [-0.3, -0.25) is 4.98 Å². The van der Waals surface area contributed by atoms with Gasteiger partial charge in [-0.15, -0.1) is 11.3 Å². The highest BCUT2D eigenvalue weighted by molar-refractivity contribution is 7.19. The van der Waals surface area contributed by atoms with Crippen molar-refractivity contribution in [1.82, 2.24) is 15.0 Å². The highest BCUT2D eigenvalue weighted by Gasteiger charge is 2.27. The van der Waals surface area contributed by atoms with Crippen LogP contribution >= 0.6 is 11.3 Å². The molecule has 4 nitrogen and oxygen atoms in total. The van der Waals surface area contributed by atoms with Gasteiger partial charge in [-0.1, -0.05) is 6.92 Å². The van der Waals surface area contributed by atoms with Crippen LogP contribution in [-0.4, -0.2) is 28.0 Å². The van der Waals surface area contributed by atoms with E-state index in [1.165, 1.54) is 47.9 Å². The Bertz CT molecular complexity index is 918. The van der Waals surface area contributed by atoms with E-state index in [-0.39, 0.29) is 0 Å². The maximum absolute atomic E-state index is 5.06. The van der Waals surface area contributed by atoms with E-state index in [1.54, 1.807) is 6.20 Å². The van der Waals surface area contributed by atoms with E-state index in [2.05, 4.69) is 22.9 Å². The highest BCUT2D eigenvalue weighted by atomic mass is 32.1. The number of pyridine rings is 1. The van der Waals surface area contributed by atoms with Crippen molar-refractivity contribution in [3.63, 3.8) is 0 Å². The van der Waals surface area contributed by atoms with Gasteiger partial charge in [-0.25, -0.2) is 9.97 Å². The maximum atomic E-state index is 5.06. The van der Waals surface area contributed by atoms with Crippen molar-refractivity contribution in [2.24, 2.45) is 5.92 Å². The van der Waals surface area contributed by atoms with Crippen LogP contribution in [-0.2, 0) is 12.8 Å². The minimum Gasteiger partial charge on any atom is -0.356 e. The zero-order valence-corrected chi connectivity index (χ0v) is 15.4. The molecule has 1 saturated heterocycles. The summed E-state index contributed by atoms with van der Waals surface area (Å²) in [7, 11) is 0. The third-order valence-corrected chi connectivity index (χ3v) is 6.61. The van der Waals surface area contributed by atoms with Crippen LogP contribution in [0, 0.1) is 5.92 Å². The van der Waals surface area contributed by atoms with E-state index < -0.39 is 0 Å². The third kappa shape index (κ3) is 2.61. The monoisotopic (exact) mass is 350 g/mol. The van der Waals surface area contributed by atoms with E-state index in [9.17, 15) is 0 Å². The molecule has 0 bridgehead atoms. The molecule has 2 aliphatic rings. The Balaban J connectivity index is 1.72. The summed E-state index contributed by atoms with van der Waals surface area (Å²) in [6.45, 7) is 4.56. The van der Waals surface area contributed by atoms with Crippen LogP contribution in [0.3, 0.4) is 0 Å². The van der Waals surface area contributed by atoms with Gasteiger partial charge in [0, 0.05) is 35.9 Å². The number of fused-ring (bicyclic) bond motifs is 3. The predicted octanol–water partition coefficient (Wildman–Crippen LogP) is 4.48. The van der Waals surface area contributed by atoms with Crippen LogP contribution in [0.25, 0.3) is 21.6 Å². The molecule has 3 aromatic heterocycles. The molecular formula is C20H22N4S. The number of hydrogen-bond acceptors (Lipinski definition) is 5. The molecule has 0 amide bonds. The first-order valence-electron chi connectivity index (χ1n) is 9.27.